The van der Waals surface area contributed by atoms with E-state index in [0.29, 0.717) is 0 Å². The van der Waals surface area contributed by atoms with Crippen LogP contribution in [0.3, 0.4) is 0 Å². The standard InChI is InChI=1S/C17H16O2/c1-17(2,19)16-10-12(18)9-15-13-6-4-3-5-11(13)7-8-14(15)16/h3-10,18-19H,1-2H3. The molecule has 0 atom stereocenters. The van der Waals surface area contributed by atoms with Crippen molar-refractivity contribution in [3.63, 3.8) is 0 Å². The van der Waals surface area contributed by atoms with Crippen molar-refractivity contribution in [1.82, 2.24) is 0 Å². The van der Waals surface area contributed by atoms with Crippen LogP contribution in [-0.2, 0) is 5.60 Å². The summed E-state index contributed by atoms with van der Waals surface area (Å²) in [5.74, 6) is 0.181. The van der Waals surface area contributed by atoms with Crippen molar-refractivity contribution in [2.45, 2.75) is 19.4 Å². The fourth-order valence-corrected chi connectivity index (χ4v) is 2.61. The Bertz CT molecular complexity index is 767. The normalized spacial score (nSPS) is 12.2. The van der Waals surface area contributed by atoms with Gasteiger partial charge in [0.25, 0.3) is 0 Å². The molecule has 0 unspecified atom stereocenters. The molecule has 0 aliphatic rings. The number of rotatable bonds is 1. The number of benzene rings is 3. The van der Waals surface area contributed by atoms with Crippen LogP contribution in [0.1, 0.15) is 19.4 Å². The van der Waals surface area contributed by atoms with Gasteiger partial charge in [0.2, 0.25) is 0 Å². The third-order valence-corrected chi connectivity index (χ3v) is 3.50. The Morgan fingerprint density at radius 1 is 0.842 bits per heavy atom. The van der Waals surface area contributed by atoms with Crippen LogP contribution < -0.4 is 0 Å². The molecule has 19 heavy (non-hydrogen) atoms. The van der Waals surface area contributed by atoms with Crippen molar-refractivity contribution >= 4 is 21.5 Å². The van der Waals surface area contributed by atoms with Gasteiger partial charge in [-0.05, 0) is 53.1 Å². The average Bonchev–Trinajstić information content (AvgIpc) is 2.36. The summed E-state index contributed by atoms with van der Waals surface area (Å²) in [4.78, 5) is 0. The number of aliphatic hydroxyl groups is 1. The highest BCUT2D eigenvalue weighted by Crippen LogP contribution is 2.35. The number of fused-ring (bicyclic) bond motifs is 3. The largest absolute Gasteiger partial charge is 0.508 e. The van der Waals surface area contributed by atoms with Crippen molar-refractivity contribution in [3.05, 3.63) is 54.1 Å². The van der Waals surface area contributed by atoms with Gasteiger partial charge in [0.1, 0.15) is 5.75 Å². The van der Waals surface area contributed by atoms with Crippen LogP contribution in [0.25, 0.3) is 21.5 Å². The predicted octanol–water partition coefficient (Wildman–Crippen LogP) is 3.93. The summed E-state index contributed by atoms with van der Waals surface area (Å²) in [6.45, 7) is 3.47. The molecule has 2 heteroatoms. The molecule has 0 bridgehead atoms. The van der Waals surface area contributed by atoms with E-state index >= 15 is 0 Å². The number of aromatic hydroxyl groups is 1. The zero-order valence-electron chi connectivity index (χ0n) is 11.0. The highest BCUT2D eigenvalue weighted by Gasteiger charge is 2.20. The van der Waals surface area contributed by atoms with E-state index in [-0.39, 0.29) is 5.75 Å². The molecule has 96 valence electrons. The van der Waals surface area contributed by atoms with E-state index < -0.39 is 5.60 Å². The molecular weight excluding hydrogens is 236 g/mol. The number of hydrogen-bond donors (Lipinski definition) is 2. The van der Waals surface area contributed by atoms with Crippen LogP contribution in [-0.4, -0.2) is 10.2 Å². The lowest BCUT2D eigenvalue weighted by atomic mass is 9.90. The van der Waals surface area contributed by atoms with E-state index in [0.717, 1.165) is 27.1 Å². The summed E-state index contributed by atoms with van der Waals surface area (Å²) < 4.78 is 0. The summed E-state index contributed by atoms with van der Waals surface area (Å²) in [7, 11) is 0. The van der Waals surface area contributed by atoms with Gasteiger partial charge in [0, 0.05) is 0 Å². The molecule has 0 radical (unpaired) electrons. The van der Waals surface area contributed by atoms with E-state index in [1.54, 1.807) is 26.0 Å². The highest BCUT2D eigenvalue weighted by molar-refractivity contribution is 6.09. The molecule has 0 saturated heterocycles. The average molecular weight is 252 g/mol. The molecule has 0 aromatic heterocycles. The summed E-state index contributed by atoms with van der Waals surface area (Å²) in [5, 5.41) is 24.4. The Hall–Kier alpha value is -2.06. The van der Waals surface area contributed by atoms with Crippen molar-refractivity contribution in [2.24, 2.45) is 0 Å². The molecule has 0 heterocycles. The van der Waals surface area contributed by atoms with E-state index in [1.165, 1.54) is 0 Å². The minimum absolute atomic E-state index is 0.181. The Morgan fingerprint density at radius 2 is 1.58 bits per heavy atom. The lowest BCUT2D eigenvalue weighted by Gasteiger charge is -2.21. The second-order valence-corrected chi connectivity index (χ2v) is 5.43. The third-order valence-electron chi connectivity index (χ3n) is 3.50. The Kier molecular flexibility index (Phi) is 2.51. The Balaban J connectivity index is 2.52. The SMILES string of the molecule is CC(C)(O)c1cc(O)cc2c1ccc1ccccc12. The molecular formula is C17H16O2. The van der Waals surface area contributed by atoms with Crippen LogP contribution in [0, 0.1) is 0 Å². The van der Waals surface area contributed by atoms with Crippen LogP contribution in [0.2, 0.25) is 0 Å². The molecule has 0 aliphatic carbocycles. The first kappa shape index (κ1) is 12.0. The van der Waals surface area contributed by atoms with Crippen molar-refractivity contribution in [1.29, 1.82) is 0 Å². The number of phenols is 1. The fourth-order valence-electron chi connectivity index (χ4n) is 2.61. The molecule has 0 spiro atoms. The van der Waals surface area contributed by atoms with Crippen molar-refractivity contribution in [2.75, 3.05) is 0 Å². The second-order valence-electron chi connectivity index (χ2n) is 5.43. The van der Waals surface area contributed by atoms with Crippen LogP contribution in [0.4, 0.5) is 0 Å². The first-order chi connectivity index (χ1) is 8.97. The first-order valence-electron chi connectivity index (χ1n) is 6.34. The summed E-state index contributed by atoms with van der Waals surface area (Å²) in [6.07, 6.45) is 0. The monoisotopic (exact) mass is 252 g/mol. The van der Waals surface area contributed by atoms with Crippen LogP contribution >= 0.6 is 0 Å². The summed E-state index contributed by atoms with van der Waals surface area (Å²) >= 11 is 0. The van der Waals surface area contributed by atoms with Gasteiger partial charge in [-0.15, -0.1) is 0 Å². The van der Waals surface area contributed by atoms with Gasteiger partial charge in [-0.2, -0.15) is 0 Å². The van der Waals surface area contributed by atoms with Crippen molar-refractivity contribution in [3.8, 4) is 5.75 Å². The fraction of sp³-hybridized carbons (Fsp3) is 0.176. The zero-order valence-corrected chi connectivity index (χ0v) is 11.0. The molecule has 2 N–H and O–H groups in total. The minimum atomic E-state index is -0.987. The smallest absolute Gasteiger partial charge is 0.116 e. The summed E-state index contributed by atoms with van der Waals surface area (Å²) in [5.41, 5.74) is -0.243. The van der Waals surface area contributed by atoms with Gasteiger partial charge in [-0.25, -0.2) is 0 Å². The maximum atomic E-state index is 10.3. The first-order valence-corrected chi connectivity index (χ1v) is 6.34. The molecule has 2 nitrogen and oxygen atoms in total. The van der Waals surface area contributed by atoms with Gasteiger partial charge in [-0.1, -0.05) is 36.4 Å². The predicted molar refractivity (Wildman–Crippen MR) is 78.4 cm³/mol. The van der Waals surface area contributed by atoms with E-state index in [4.69, 9.17) is 0 Å². The van der Waals surface area contributed by atoms with Gasteiger partial charge in [-0.3, -0.25) is 0 Å². The molecule has 3 aromatic rings. The van der Waals surface area contributed by atoms with Gasteiger partial charge < -0.3 is 10.2 Å². The maximum Gasteiger partial charge on any atom is 0.116 e. The van der Waals surface area contributed by atoms with E-state index in [1.807, 2.05) is 36.4 Å². The van der Waals surface area contributed by atoms with E-state index in [9.17, 15) is 10.2 Å². The number of phenolic OH excluding ortho intramolecular Hbond substituents is 1. The Morgan fingerprint density at radius 3 is 2.32 bits per heavy atom. The zero-order chi connectivity index (χ0) is 13.6. The lowest BCUT2D eigenvalue weighted by Crippen LogP contribution is -2.15. The molecule has 0 aliphatic heterocycles. The second kappa shape index (κ2) is 3.97. The van der Waals surface area contributed by atoms with Gasteiger partial charge in [0.05, 0.1) is 5.60 Å². The van der Waals surface area contributed by atoms with E-state index in [2.05, 4.69) is 0 Å². The number of hydrogen-bond acceptors (Lipinski definition) is 2. The molecule has 3 aromatic carbocycles. The van der Waals surface area contributed by atoms with Gasteiger partial charge >= 0.3 is 0 Å². The molecule has 0 saturated carbocycles. The molecule has 0 fully saturated rings. The topological polar surface area (TPSA) is 40.5 Å². The lowest BCUT2D eigenvalue weighted by molar-refractivity contribution is 0.0799. The minimum Gasteiger partial charge on any atom is -0.508 e. The van der Waals surface area contributed by atoms with Gasteiger partial charge in [0.15, 0.2) is 0 Å². The Labute approximate surface area is 111 Å². The highest BCUT2D eigenvalue weighted by atomic mass is 16.3. The molecule has 0 amide bonds. The third kappa shape index (κ3) is 1.94. The van der Waals surface area contributed by atoms with Crippen LogP contribution in [0.15, 0.2) is 48.5 Å². The quantitative estimate of drug-likeness (QED) is 0.644. The maximum absolute atomic E-state index is 10.3. The summed E-state index contributed by atoms with van der Waals surface area (Å²) in [6, 6.07) is 15.5. The van der Waals surface area contributed by atoms with Crippen molar-refractivity contribution < 1.29 is 10.2 Å². The molecule has 3 rings (SSSR count). The van der Waals surface area contributed by atoms with Crippen LogP contribution in [0.5, 0.6) is 5.75 Å².